The van der Waals surface area contributed by atoms with E-state index in [0.29, 0.717) is 33.5 Å². The molecule has 28 heavy (non-hydrogen) atoms. The Hall–Kier alpha value is -2.54. The number of amides is 2. The number of methoxy groups -OCH3 is 2. The Kier molecular flexibility index (Phi) is 6.24. The number of anilines is 1. The largest absolute Gasteiger partial charge is 0.493 e. The second kappa shape index (κ2) is 8.65. The molecule has 1 unspecified atom stereocenters. The van der Waals surface area contributed by atoms with Gasteiger partial charge in [-0.05, 0) is 48.9 Å². The van der Waals surface area contributed by atoms with Gasteiger partial charge < -0.3 is 20.5 Å². The Morgan fingerprint density at radius 2 is 2.00 bits per heavy atom. The van der Waals surface area contributed by atoms with Gasteiger partial charge in [0.2, 0.25) is 0 Å². The summed E-state index contributed by atoms with van der Waals surface area (Å²) >= 11 is 1.47. The lowest BCUT2D eigenvalue weighted by Crippen LogP contribution is -2.20. The molecule has 0 aliphatic heterocycles. The Balaban J connectivity index is 1.88. The summed E-state index contributed by atoms with van der Waals surface area (Å²) in [6.07, 6.45) is 5.16. The number of ether oxygens (including phenoxy) is 2. The predicted molar refractivity (Wildman–Crippen MR) is 111 cm³/mol. The van der Waals surface area contributed by atoms with Gasteiger partial charge in [0.25, 0.3) is 11.8 Å². The number of carbonyl (C=O) groups excluding carboxylic acids is 2. The molecular formula is C21H26N2O4S. The van der Waals surface area contributed by atoms with Crippen LogP contribution in [0.4, 0.5) is 5.00 Å². The molecule has 2 aromatic rings. The van der Waals surface area contributed by atoms with E-state index in [9.17, 15) is 9.59 Å². The van der Waals surface area contributed by atoms with Crippen LogP contribution in [0.25, 0.3) is 0 Å². The summed E-state index contributed by atoms with van der Waals surface area (Å²) < 4.78 is 10.5. The topological polar surface area (TPSA) is 90.7 Å². The SMILES string of the molecule is CCCC1CCc2c(sc(NC(=O)c3ccc(OC)c(OC)c3)c2C(N)=O)C1. The summed E-state index contributed by atoms with van der Waals surface area (Å²) in [7, 11) is 3.06. The Morgan fingerprint density at radius 1 is 1.25 bits per heavy atom. The summed E-state index contributed by atoms with van der Waals surface area (Å²) in [6.45, 7) is 2.19. The van der Waals surface area contributed by atoms with Gasteiger partial charge >= 0.3 is 0 Å². The van der Waals surface area contributed by atoms with E-state index < -0.39 is 5.91 Å². The Bertz CT molecular complexity index is 891. The molecule has 0 saturated carbocycles. The molecule has 7 heteroatoms. The van der Waals surface area contributed by atoms with Crippen LogP contribution in [0.5, 0.6) is 11.5 Å². The van der Waals surface area contributed by atoms with Crippen LogP contribution in [0.3, 0.4) is 0 Å². The van der Waals surface area contributed by atoms with E-state index in [-0.39, 0.29) is 5.91 Å². The van der Waals surface area contributed by atoms with Gasteiger partial charge in [-0.3, -0.25) is 9.59 Å². The third-order valence-corrected chi connectivity index (χ3v) is 6.35. The van der Waals surface area contributed by atoms with Crippen LogP contribution >= 0.6 is 11.3 Å². The normalized spacial score (nSPS) is 15.6. The van der Waals surface area contributed by atoms with Crippen LogP contribution in [0.2, 0.25) is 0 Å². The molecule has 0 bridgehead atoms. The van der Waals surface area contributed by atoms with Crippen molar-refractivity contribution in [3.8, 4) is 11.5 Å². The van der Waals surface area contributed by atoms with Gasteiger partial charge in [0, 0.05) is 10.4 Å². The third-order valence-electron chi connectivity index (χ3n) is 5.18. The number of rotatable bonds is 7. The zero-order chi connectivity index (χ0) is 20.3. The molecule has 0 spiro atoms. The zero-order valence-electron chi connectivity index (χ0n) is 16.5. The molecule has 3 N–H and O–H groups in total. The van der Waals surface area contributed by atoms with E-state index >= 15 is 0 Å². The molecule has 1 heterocycles. The summed E-state index contributed by atoms with van der Waals surface area (Å²) in [5, 5.41) is 3.42. The highest BCUT2D eigenvalue weighted by Gasteiger charge is 2.28. The van der Waals surface area contributed by atoms with Crippen molar-refractivity contribution >= 4 is 28.2 Å². The van der Waals surface area contributed by atoms with Gasteiger partial charge in [-0.2, -0.15) is 0 Å². The molecule has 1 aliphatic carbocycles. The number of primary amides is 1. The van der Waals surface area contributed by atoms with Crippen molar-refractivity contribution in [3.63, 3.8) is 0 Å². The second-order valence-electron chi connectivity index (χ2n) is 6.99. The van der Waals surface area contributed by atoms with Crippen molar-refractivity contribution in [1.82, 2.24) is 0 Å². The molecule has 2 amide bonds. The summed E-state index contributed by atoms with van der Waals surface area (Å²) in [5.41, 5.74) is 7.54. The van der Waals surface area contributed by atoms with Crippen molar-refractivity contribution in [1.29, 1.82) is 0 Å². The van der Waals surface area contributed by atoms with Gasteiger partial charge in [0.15, 0.2) is 11.5 Å². The van der Waals surface area contributed by atoms with Gasteiger partial charge in [-0.25, -0.2) is 0 Å². The molecule has 0 radical (unpaired) electrons. The van der Waals surface area contributed by atoms with Crippen molar-refractivity contribution in [2.24, 2.45) is 11.7 Å². The highest BCUT2D eigenvalue weighted by atomic mass is 32.1. The first kappa shape index (κ1) is 20.2. The summed E-state index contributed by atoms with van der Waals surface area (Å²) in [4.78, 5) is 26.1. The second-order valence-corrected chi connectivity index (χ2v) is 8.10. The maximum atomic E-state index is 12.8. The van der Waals surface area contributed by atoms with Gasteiger partial charge in [0.05, 0.1) is 19.8 Å². The zero-order valence-corrected chi connectivity index (χ0v) is 17.3. The van der Waals surface area contributed by atoms with E-state index in [1.807, 2.05) is 0 Å². The predicted octanol–water partition coefficient (Wildman–Crippen LogP) is 4.02. The summed E-state index contributed by atoms with van der Waals surface area (Å²) in [5.74, 6) is 0.844. The minimum atomic E-state index is -0.492. The first-order valence-corrected chi connectivity index (χ1v) is 10.3. The number of thiophene rings is 1. The fraction of sp³-hybridized carbons (Fsp3) is 0.429. The average Bonchev–Trinajstić information content (AvgIpc) is 3.04. The van der Waals surface area contributed by atoms with Gasteiger partial charge in [0.1, 0.15) is 5.00 Å². The van der Waals surface area contributed by atoms with Crippen LogP contribution in [-0.4, -0.2) is 26.0 Å². The third kappa shape index (κ3) is 3.99. The lowest BCUT2D eigenvalue weighted by molar-refractivity contribution is 0.1000. The average molecular weight is 403 g/mol. The highest BCUT2D eigenvalue weighted by Crippen LogP contribution is 2.40. The van der Waals surface area contributed by atoms with E-state index in [1.54, 1.807) is 25.3 Å². The van der Waals surface area contributed by atoms with Crippen molar-refractivity contribution in [2.45, 2.75) is 39.0 Å². The quantitative estimate of drug-likeness (QED) is 0.732. The lowest BCUT2D eigenvalue weighted by Gasteiger charge is -2.21. The van der Waals surface area contributed by atoms with E-state index in [4.69, 9.17) is 15.2 Å². The minimum absolute atomic E-state index is 0.313. The van der Waals surface area contributed by atoms with E-state index in [1.165, 1.54) is 29.7 Å². The number of fused-ring (bicyclic) bond motifs is 1. The number of carbonyl (C=O) groups is 2. The molecule has 3 rings (SSSR count). The smallest absolute Gasteiger partial charge is 0.256 e. The van der Waals surface area contributed by atoms with Gasteiger partial charge in [-0.15, -0.1) is 11.3 Å². The fourth-order valence-corrected chi connectivity index (χ4v) is 5.17. The number of hydrogen-bond donors (Lipinski definition) is 2. The number of nitrogens with two attached hydrogens (primary N) is 1. The Morgan fingerprint density at radius 3 is 2.64 bits per heavy atom. The number of hydrogen-bond acceptors (Lipinski definition) is 5. The van der Waals surface area contributed by atoms with Crippen molar-refractivity contribution in [3.05, 3.63) is 39.8 Å². The van der Waals surface area contributed by atoms with E-state index in [0.717, 1.165) is 31.2 Å². The standard InChI is InChI=1S/C21H26N2O4S/c1-4-5-12-6-8-14-17(10-12)28-21(18(14)19(22)24)23-20(25)13-7-9-15(26-2)16(11-13)27-3/h7,9,11-12H,4-6,8,10H2,1-3H3,(H2,22,24)(H,23,25). The first-order valence-electron chi connectivity index (χ1n) is 9.46. The Labute approximate surface area is 169 Å². The molecule has 0 saturated heterocycles. The minimum Gasteiger partial charge on any atom is -0.493 e. The molecule has 6 nitrogen and oxygen atoms in total. The van der Waals surface area contributed by atoms with Crippen molar-refractivity contribution < 1.29 is 19.1 Å². The van der Waals surface area contributed by atoms with Gasteiger partial charge in [-0.1, -0.05) is 19.8 Å². The van der Waals surface area contributed by atoms with Crippen LogP contribution in [0.1, 0.15) is 57.3 Å². The molecule has 1 aromatic heterocycles. The maximum Gasteiger partial charge on any atom is 0.256 e. The van der Waals surface area contributed by atoms with Crippen LogP contribution in [0, 0.1) is 5.92 Å². The molecule has 150 valence electrons. The highest BCUT2D eigenvalue weighted by molar-refractivity contribution is 7.17. The monoisotopic (exact) mass is 402 g/mol. The number of nitrogens with one attached hydrogen (secondary N) is 1. The first-order chi connectivity index (χ1) is 13.5. The van der Waals surface area contributed by atoms with Crippen molar-refractivity contribution in [2.75, 3.05) is 19.5 Å². The van der Waals surface area contributed by atoms with Crippen LogP contribution in [0.15, 0.2) is 18.2 Å². The van der Waals surface area contributed by atoms with Crippen LogP contribution in [-0.2, 0) is 12.8 Å². The molecule has 1 atom stereocenters. The molecule has 0 fully saturated rings. The number of benzene rings is 1. The molecule has 1 aromatic carbocycles. The fourth-order valence-electron chi connectivity index (χ4n) is 3.81. The van der Waals surface area contributed by atoms with E-state index in [2.05, 4.69) is 12.2 Å². The lowest BCUT2D eigenvalue weighted by atomic mass is 9.84. The molecule has 1 aliphatic rings. The maximum absolute atomic E-state index is 12.8. The molecular weight excluding hydrogens is 376 g/mol. The van der Waals surface area contributed by atoms with Crippen LogP contribution < -0.4 is 20.5 Å². The summed E-state index contributed by atoms with van der Waals surface area (Å²) in [6, 6.07) is 4.95.